The van der Waals surface area contributed by atoms with Crippen molar-refractivity contribution in [2.24, 2.45) is 5.92 Å². The van der Waals surface area contributed by atoms with Crippen LogP contribution in [0.15, 0.2) is 10.7 Å². The Hall–Kier alpha value is -1.03. The quantitative estimate of drug-likeness (QED) is 0.784. The standard InChI is InChI=1S/C11H20N2O2/c1-4-9(3)6-13(5-2)11-12-10(7-14)8-15-11/h8-9,14H,4-7H2,1-3H3. The first kappa shape index (κ1) is 12.0. The topological polar surface area (TPSA) is 49.5 Å². The van der Waals surface area contributed by atoms with Gasteiger partial charge in [-0.05, 0) is 12.8 Å². The summed E-state index contributed by atoms with van der Waals surface area (Å²) >= 11 is 0. The average molecular weight is 212 g/mol. The Morgan fingerprint density at radius 3 is 2.73 bits per heavy atom. The van der Waals surface area contributed by atoms with E-state index in [0.29, 0.717) is 17.6 Å². The summed E-state index contributed by atoms with van der Waals surface area (Å²) in [7, 11) is 0. The molecule has 1 aromatic rings. The van der Waals surface area contributed by atoms with Gasteiger partial charge in [0.2, 0.25) is 0 Å². The zero-order valence-electron chi connectivity index (χ0n) is 9.73. The largest absolute Gasteiger partial charge is 0.432 e. The molecule has 0 bridgehead atoms. The number of aliphatic hydroxyl groups excluding tert-OH is 1. The molecule has 0 amide bonds. The van der Waals surface area contributed by atoms with E-state index >= 15 is 0 Å². The maximum atomic E-state index is 8.89. The molecule has 0 fully saturated rings. The van der Waals surface area contributed by atoms with Crippen LogP contribution in [0.1, 0.15) is 32.9 Å². The normalized spacial score (nSPS) is 12.8. The molecule has 1 atom stereocenters. The average Bonchev–Trinajstić information content (AvgIpc) is 2.73. The molecule has 1 heterocycles. The van der Waals surface area contributed by atoms with E-state index in [1.54, 1.807) is 0 Å². The highest BCUT2D eigenvalue weighted by atomic mass is 16.4. The number of nitrogens with zero attached hydrogens (tertiary/aromatic N) is 2. The van der Waals surface area contributed by atoms with Crippen LogP contribution in [0.4, 0.5) is 6.01 Å². The van der Waals surface area contributed by atoms with Crippen LogP contribution in [0.5, 0.6) is 0 Å². The molecule has 1 aromatic heterocycles. The fourth-order valence-electron chi connectivity index (χ4n) is 1.36. The first-order valence-corrected chi connectivity index (χ1v) is 5.51. The molecule has 86 valence electrons. The maximum Gasteiger partial charge on any atom is 0.297 e. The van der Waals surface area contributed by atoms with Crippen molar-refractivity contribution in [3.63, 3.8) is 0 Å². The van der Waals surface area contributed by atoms with Gasteiger partial charge in [-0.15, -0.1) is 0 Å². The molecule has 0 aromatic carbocycles. The van der Waals surface area contributed by atoms with Crippen LogP contribution < -0.4 is 4.90 Å². The fourth-order valence-corrected chi connectivity index (χ4v) is 1.36. The van der Waals surface area contributed by atoms with Gasteiger partial charge in [0.05, 0.1) is 6.61 Å². The van der Waals surface area contributed by atoms with Gasteiger partial charge in [0.1, 0.15) is 12.0 Å². The summed E-state index contributed by atoms with van der Waals surface area (Å²) in [5.41, 5.74) is 0.590. The lowest BCUT2D eigenvalue weighted by Gasteiger charge is -2.21. The summed E-state index contributed by atoms with van der Waals surface area (Å²) in [6.07, 6.45) is 2.65. The van der Waals surface area contributed by atoms with Crippen molar-refractivity contribution in [3.8, 4) is 0 Å². The number of hydrogen-bond acceptors (Lipinski definition) is 4. The lowest BCUT2D eigenvalue weighted by molar-refractivity contribution is 0.276. The molecule has 1 N–H and O–H groups in total. The van der Waals surface area contributed by atoms with Crippen LogP contribution >= 0.6 is 0 Å². The first-order valence-electron chi connectivity index (χ1n) is 5.51. The molecule has 0 saturated heterocycles. The van der Waals surface area contributed by atoms with Crippen LogP contribution in [0.3, 0.4) is 0 Å². The fraction of sp³-hybridized carbons (Fsp3) is 0.727. The molecule has 4 heteroatoms. The third-order valence-electron chi connectivity index (χ3n) is 2.58. The van der Waals surface area contributed by atoms with Crippen LogP contribution in [0, 0.1) is 5.92 Å². The van der Waals surface area contributed by atoms with Crippen molar-refractivity contribution in [1.29, 1.82) is 0 Å². The molecule has 15 heavy (non-hydrogen) atoms. The molecule has 0 saturated carbocycles. The van der Waals surface area contributed by atoms with E-state index in [1.165, 1.54) is 6.26 Å². The molecular weight excluding hydrogens is 192 g/mol. The number of aliphatic hydroxyl groups is 1. The van der Waals surface area contributed by atoms with Crippen LogP contribution in [-0.2, 0) is 6.61 Å². The summed E-state index contributed by atoms with van der Waals surface area (Å²) in [4.78, 5) is 6.29. The molecular formula is C11H20N2O2. The Kier molecular flexibility index (Phi) is 4.62. The summed E-state index contributed by atoms with van der Waals surface area (Å²) < 4.78 is 5.31. The van der Waals surface area contributed by atoms with Gasteiger partial charge in [-0.3, -0.25) is 0 Å². The molecule has 4 nitrogen and oxygen atoms in total. The van der Waals surface area contributed by atoms with Crippen molar-refractivity contribution < 1.29 is 9.52 Å². The highest BCUT2D eigenvalue weighted by Crippen LogP contribution is 2.16. The van der Waals surface area contributed by atoms with Gasteiger partial charge in [-0.1, -0.05) is 20.3 Å². The molecule has 0 radical (unpaired) electrons. The van der Waals surface area contributed by atoms with Crippen molar-refractivity contribution in [2.75, 3.05) is 18.0 Å². The van der Waals surface area contributed by atoms with Gasteiger partial charge in [0.15, 0.2) is 0 Å². The van der Waals surface area contributed by atoms with Gasteiger partial charge in [0, 0.05) is 13.1 Å². The van der Waals surface area contributed by atoms with E-state index in [4.69, 9.17) is 9.52 Å². The highest BCUT2D eigenvalue weighted by Gasteiger charge is 2.13. The molecule has 1 unspecified atom stereocenters. The second kappa shape index (κ2) is 5.75. The smallest absolute Gasteiger partial charge is 0.297 e. The van der Waals surface area contributed by atoms with Gasteiger partial charge in [-0.25, -0.2) is 0 Å². The minimum Gasteiger partial charge on any atom is -0.432 e. The predicted molar refractivity (Wildman–Crippen MR) is 59.8 cm³/mol. The molecule has 0 aliphatic carbocycles. The van der Waals surface area contributed by atoms with Crippen molar-refractivity contribution in [1.82, 2.24) is 4.98 Å². The van der Waals surface area contributed by atoms with E-state index in [1.807, 2.05) is 0 Å². The second-order valence-electron chi connectivity index (χ2n) is 3.83. The third-order valence-corrected chi connectivity index (χ3v) is 2.58. The first-order chi connectivity index (χ1) is 7.21. The lowest BCUT2D eigenvalue weighted by Crippen LogP contribution is -2.28. The zero-order valence-corrected chi connectivity index (χ0v) is 9.73. The lowest BCUT2D eigenvalue weighted by atomic mass is 10.1. The van der Waals surface area contributed by atoms with E-state index in [2.05, 4.69) is 30.7 Å². The Balaban J connectivity index is 2.65. The van der Waals surface area contributed by atoms with Crippen LogP contribution in [0.25, 0.3) is 0 Å². The third kappa shape index (κ3) is 3.23. The van der Waals surface area contributed by atoms with E-state index < -0.39 is 0 Å². The Morgan fingerprint density at radius 2 is 2.27 bits per heavy atom. The maximum absolute atomic E-state index is 8.89. The number of oxazole rings is 1. The van der Waals surface area contributed by atoms with Crippen molar-refractivity contribution in [3.05, 3.63) is 12.0 Å². The van der Waals surface area contributed by atoms with Gasteiger partial charge in [0.25, 0.3) is 6.01 Å². The van der Waals surface area contributed by atoms with E-state index in [0.717, 1.165) is 19.5 Å². The molecule has 1 rings (SSSR count). The second-order valence-corrected chi connectivity index (χ2v) is 3.83. The summed E-state index contributed by atoms with van der Waals surface area (Å²) in [5.74, 6) is 0.620. The molecule has 0 aliphatic heterocycles. The summed E-state index contributed by atoms with van der Waals surface area (Å²) in [5, 5.41) is 8.89. The Bertz CT molecular complexity index is 286. The zero-order chi connectivity index (χ0) is 11.3. The summed E-state index contributed by atoms with van der Waals surface area (Å²) in [6, 6.07) is 0.613. The number of hydrogen-bond donors (Lipinski definition) is 1. The van der Waals surface area contributed by atoms with Gasteiger partial charge < -0.3 is 14.4 Å². The van der Waals surface area contributed by atoms with Gasteiger partial charge >= 0.3 is 0 Å². The van der Waals surface area contributed by atoms with Crippen LogP contribution in [-0.4, -0.2) is 23.2 Å². The Morgan fingerprint density at radius 1 is 1.53 bits per heavy atom. The summed E-state index contributed by atoms with van der Waals surface area (Å²) in [6.45, 7) is 8.20. The van der Waals surface area contributed by atoms with Gasteiger partial charge in [-0.2, -0.15) is 4.98 Å². The van der Waals surface area contributed by atoms with Crippen molar-refractivity contribution in [2.45, 2.75) is 33.8 Å². The minimum absolute atomic E-state index is 0.0651. The highest BCUT2D eigenvalue weighted by molar-refractivity contribution is 5.26. The number of aromatic nitrogens is 1. The monoisotopic (exact) mass is 212 g/mol. The van der Waals surface area contributed by atoms with Crippen molar-refractivity contribution >= 4 is 6.01 Å². The van der Waals surface area contributed by atoms with E-state index in [9.17, 15) is 0 Å². The Labute approximate surface area is 90.9 Å². The SMILES string of the molecule is CCC(C)CN(CC)c1nc(CO)co1. The number of anilines is 1. The predicted octanol–water partition coefficient (Wildman–Crippen LogP) is 2.04. The molecule has 0 aliphatic rings. The van der Waals surface area contributed by atoms with E-state index in [-0.39, 0.29) is 6.61 Å². The minimum atomic E-state index is -0.0651. The van der Waals surface area contributed by atoms with Crippen LogP contribution in [0.2, 0.25) is 0 Å². The molecule has 0 spiro atoms. The number of rotatable bonds is 6.